The van der Waals surface area contributed by atoms with Gasteiger partial charge in [-0.2, -0.15) is 0 Å². The van der Waals surface area contributed by atoms with E-state index in [2.05, 4.69) is 10.5 Å². The van der Waals surface area contributed by atoms with Crippen LogP contribution in [0.25, 0.3) is 17.0 Å². The van der Waals surface area contributed by atoms with E-state index in [0.717, 1.165) is 52.1 Å². The molecular weight excluding hydrogens is 444 g/mol. The zero-order valence-electron chi connectivity index (χ0n) is 20.6. The lowest BCUT2D eigenvalue weighted by Crippen LogP contribution is -2.24. The molecule has 0 fully saturated rings. The van der Waals surface area contributed by atoms with Crippen LogP contribution in [0.1, 0.15) is 44.9 Å². The highest BCUT2D eigenvalue weighted by Gasteiger charge is 2.28. The molecule has 1 amide bonds. The van der Waals surface area contributed by atoms with Crippen molar-refractivity contribution in [2.45, 2.75) is 40.0 Å². The van der Waals surface area contributed by atoms with Crippen LogP contribution < -0.4 is 15.6 Å². The number of benzene rings is 2. The SMILES string of the molecule is COc1ccc2c(c1)CCCc1c(C(=O)Nc3c(C)n(C)n(-c4ccc(C)cc4C)c3=O)noc1-2. The van der Waals surface area contributed by atoms with E-state index in [1.54, 1.807) is 23.5 Å². The lowest BCUT2D eigenvalue weighted by Gasteiger charge is -2.11. The number of hydrogen-bond donors (Lipinski definition) is 1. The average molecular weight is 473 g/mol. The summed E-state index contributed by atoms with van der Waals surface area (Å²) in [5, 5.41) is 6.93. The Morgan fingerprint density at radius 1 is 1.11 bits per heavy atom. The molecule has 2 aromatic heterocycles. The van der Waals surface area contributed by atoms with Gasteiger partial charge in [-0.3, -0.25) is 14.3 Å². The summed E-state index contributed by atoms with van der Waals surface area (Å²) >= 11 is 0. The Hall–Kier alpha value is -4.07. The van der Waals surface area contributed by atoms with E-state index < -0.39 is 5.91 Å². The van der Waals surface area contributed by atoms with Gasteiger partial charge in [0, 0.05) is 18.2 Å². The largest absolute Gasteiger partial charge is 0.497 e. The minimum atomic E-state index is -0.453. The fraction of sp³-hybridized carbons (Fsp3) is 0.296. The van der Waals surface area contributed by atoms with E-state index in [4.69, 9.17) is 9.26 Å². The maximum absolute atomic E-state index is 13.4. The van der Waals surface area contributed by atoms with Crippen LogP contribution in [0.2, 0.25) is 0 Å². The predicted octanol–water partition coefficient (Wildman–Crippen LogP) is 4.51. The summed E-state index contributed by atoms with van der Waals surface area (Å²) in [6, 6.07) is 11.7. The normalized spacial score (nSPS) is 12.6. The third kappa shape index (κ3) is 3.75. The molecule has 0 aliphatic heterocycles. The van der Waals surface area contributed by atoms with Crippen molar-refractivity contribution in [2.24, 2.45) is 7.05 Å². The Kier molecular flexibility index (Phi) is 5.59. The molecule has 0 saturated carbocycles. The molecule has 35 heavy (non-hydrogen) atoms. The summed E-state index contributed by atoms with van der Waals surface area (Å²) in [6.45, 7) is 5.79. The summed E-state index contributed by atoms with van der Waals surface area (Å²) in [7, 11) is 3.44. The van der Waals surface area contributed by atoms with E-state index in [0.29, 0.717) is 17.9 Å². The van der Waals surface area contributed by atoms with E-state index in [9.17, 15) is 9.59 Å². The minimum absolute atomic E-state index is 0.212. The quantitative estimate of drug-likeness (QED) is 0.472. The van der Waals surface area contributed by atoms with Crippen LogP contribution in [0.15, 0.2) is 45.7 Å². The molecule has 0 atom stereocenters. The molecular formula is C27H28N4O4. The van der Waals surface area contributed by atoms with Crippen LogP contribution in [0.4, 0.5) is 5.69 Å². The van der Waals surface area contributed by atoms with Crippen molar-refractivity contribution in [1.29, 1.82) is 0 Å². The van der Waals surface area contributed by atoms with E-state index >= 15 is 0 Å². The highest BCUT2D eigenvalue weighted by atomic mass is 16.5. The van der Waals surface area contributed by atoms with Crippen molar-refractivity contribution in [3.05, 3.63) is 80.4 Å². The molecule has 8 heteroatoms. The average Bonchev–Trinajstić information content (AvgIpc) is 3.27. The summed E-state index contributed by atoms with van der Waals surface area (Å²) in [6.07, 6.45) is 2.34. The van der Waals surface area contributed by atoms with Crippen molar-refractivity contribution in [3.8, 4) is 22.8 Å². The van der Waals surface area contributed by atoms with Gasteiger partial charge in [0.25, 0.3) is 11.5 Å². The number of nitrogens with one attached hydrogen (secondary N) is 1. The number of ether oxygens (including phenoxy) is 1. The van der Waals surface area contributed by atoms with Crippen LogP contribution >= 0.6 is 0 Å². The van der Waals surface area contributed by atoms with Gasteiger partial charge in [-0.25, -0.2) is 4.68 Å². The second-order valence-corrected chi connectivity index (χ2v) is 9.06. The Labute approximate surface area is 203 Å². The molecule has 0 spiro atoms. The molecule has 0 unspecified atom stereocenters. The van der Waals surface area contributed by atoms with Gasteiger partial charge in [-0.05, 0) is 75.4 Å². The van der Waals surface area contributed by atoms with Gasteiger partial charge in [-0.15, -0.1) is 0 Å². The number of carbonyl (C=O) groups excluding carboxylic acids is 1. The maximum Gasteiger partial charge on any atom is 0.295 e. The van der Waals surface area contributed by atoms with Gasteiger partial charge in [0.2, 0.25) is 0 Å². The molecule has 4 aromatic rings. The fourth-order valence-corrected chi connectivity index (χ4v) is 4.85. The lowest BCUT2D eigenvalue weighted by molar-refractivity contribution is 0.101. The maximum atomic E-state index is 13.4. The van der Waals surface area contributed by atoms with Crippen LogP contribution in [0, 0.1) is 20.8 Å². The molecule has 0 bridgehead atoms. The van der Waals surface area contributed by atoms with Crippen molar-refractivity contribution in [2.75, 3.05) is 12.4 Å². The number of aryl methyl sites for hydroxylation is 3. The van der Waals surface area contributed by atoms with Crippen LogP contribution in [0.3, 0.4) is 0 Å². The van der Waals surface area contributed by atoms with E-state index in [1.165, 1.54) is 0 Å². The number of rotatable bonds is 4. The molecule has 1 aliphatic carbocycles. The van der Waals surface area contributed by atoms with E-state index in [-0.39, 0.29) is 16.9 Å². The van der Waals surface area contributed by atoms with Crippen molar-refractivity contribution in [1.82, 2.24) is 14.5 Å². The molecule has 1 N–H and O–H groups in total. The summed E-state index contributed by atoms with van der Waals surface area (Å²) in [5.74, 6) is 0.928. The Balaban J connectivity index is 1.51. The molecule has 2 heterocycles. The number of hydrogen-bond acceptors (Lipinski definition) is 5. The molecule has 5 rings (SSSR count). The Morgan fingerprint density at radius 2 is 1.91 bits per heavy atom. The number of nitrogens with zero attached hydrogens (tertiary/aromatic N) is 3. The van der Waals surface area contributed by atoms with Gasteiger partial charge in [-0.1, -0.05) is 22.9 Å². The number of anilines is 1. The number of fused-ring (bicyclic) bond motifs is 3. The fourth-order valence-electron chi connectivity index (χ4n) is 4.85. The highest BCUT2D eigenvalue weighted by Crippen LogP contribution is 2.36. The third-order valence-electron chi connectivity index (χ3n) is 6.81. The molecule has 8 nitrogen and oxygen atoms in total. The summed E-state index contributed by atoms with van der Waals surface area (Å²) in [5.41, 5.74) is 6.43. The van der Waals surface area contributed by atoms with Crippen LogP contribution in [-0.2, 0) is 19.9 Å². The highest BCUT2D eigenvalue weighted by molar-refractivity contribution is 6.05. The van der Waals surface area contributed by atoms with E-state index in [1.807, 2.05) is 57.2 Å². The topological polar surface area (TPSA) is 91.3 Å². The first-order valence-electron chi connectivity index (χ1n) is 11.6. The second-order valence-electron chi connectivity index (χ2n) is 9.06. The first-order chi connectivity index (χ1) is 16.8. The van der Waals surface area contributed by atoms with Gasteiger partial charge in [0.15, 0.2) is 11.5 Å². The van der Waals surface area contributed by atoms with Crippen LogP contribution in [0.5, 0.6) is 5.75 Å². The van der Waals surface area contributed by atoms with Gasteiger partial charge in [0.1, 0.15) is 11.4 Å². The number of carbonyl (C=O) groups is 1. The molecule has 0 radical (unpaired) electrons. The summed E-state index contributed by atoms with van der Waals surface area (Å²) < 4.78 is 14.4. The van der Waals surface area contributed by atoms with Crippen molar-refractivity contribution in [3.63, 3.8) is 0 Å². The minimum Gasteiger partial charge on any atom is -0.497 e. The van der Waals surface area contributed by atoms with Crippen LogP contribution in [-0.4, -0.2) is 27.5 Å². The second kappa shape index (κ2) is 8.61. The lowest BCUT2D eigenvalue weighted by atomic mass is 10.0. The summed E-state index contributed by atoms with van der Waals surface area (Å²) in [4.78, 5) is 26.7. The predicted molar refractivity (Wildman–Crippen MR) is 134 cm³/mol. The molecule has 1 aliphatic rings. The molecule has 180 valence electrons. The number of amides is 1. The first-order valence-corrected chi connectivity index (χ1v) is 11.6. The Bertz CT molecular complexity index is 1520. The molecule has 2 aromatic carbocycles. The van der Waals surface area contributed by atoms with Gasteiger partial charge in [0.05, 0.1) is 18.5 Å². The molecule has 0 saturated heterocycles. The first kappa shape index (κ1) is 22.7. The van der Waals surface area contributed by atoms with Crippen molar-refractivity contribution < 1.29 is 14.1 Å². The number of methoxy groups -OCH3 is 1. The number of aromatic nitrogens is 3. The monoisotopic (exact) mass is 472 g/mol. The smallest absolute Gasteiger partial charge is 0.295 e. The van der Waals surface area contributed by atoms with Gasteiger partial charge < -0.3 is 14.6 Å². The van der Waals surface area contributed by atoms with Crippen molar-refractivity contribution >= 4 is 11.6 Å². The van der Waals surface area contributed by atoms with Gasteiger partial charge >= 0.3 is 0 Å². The third-order valence-corrected chi connectivity index (χ3v) is 6.81. The Morgan fingerprint density at radius 3 is 2.66 bits per heavy atom. The zero-order chi connectivity index (χ0) is 24.9. The zero-order valence-corrected chi connectivity index (χ0v) is 20.6. The standard InChI is InChI=1S/C27H28N4O4/c1-15-9-12-22(16(2)13-15)31-27(33)23(17(3)30(31)4)28-26(32)24-21-8-6-7-18-14-19(34-5)10-11-20(18)25(21)35-29-24/h9-14H,6-8H2,1-5H3,(H,28,32).